The Hall–Kier alpha value is -1.90. The van der Waals surface area contributed by atoms with Gasteiger partial charge in [0, 0.05) is 18.1 Å². The van der Waals surface area contributed by atoms with E-state index >= 15 is 0 Å². The van der Waals surface area contributed by atoms with Crippen molar-refractivity contribution in [2.75, 3.05) is 5.32 Å². The van der Waals surface area contributed by atoms with Crippen LogP contribution >= 0.6 is 0 Å². The molecule has 1 aromatic carbocycles. The smallest absolute Gasteiger partial charge is 0.227 e. The first-order chi connectivity index (χ1) is 6.84. The van der Waals surface area contributed by atoms with Crippen molar-refractivity contribution in [1.82, 2.24) is 9.97 Å². The molecule has 0 aliphatic heterocycles. The highest BCUT2D eigenvalue weighted by Crippen LogP contribution is 2.09. The maximum absolute atomic E-state index is 7.31. The Balaban J connectivity index is 2.19. The van der Waals surface area contributed by atoms with Crippen molar-refractivity contribution in [3.05, 3.63) is 48.8 Å². The molecule has 1 aromatic heterocycles. The lowest BCUT2D eigenvalue weighted by Crippen LogP contribution is -1.94. The van der Waals surface area contributed by atoms with Gasteiger partial charge in [-0.15, -0.1) is 0 Å². The van der Waals surface area contributed by atoms with Crippen molar-refractivity contribution in [2.24, 2.45) is 0 Å². The molecule has 3 nitrogen and oxygen atoms in total. The van der Waals surface area contributed by atoms with Crippen molar-refractivity contribution < 1.29 is 1.37 Å². The van der Waals surface area contributed by atoms with E-state index in [0.717, 1.165) is 5.69 Å². The van der Waals surface area contributed by atoms with Crippen LogP contribution in [0.15, 0.2) is 48.8 Å². The molecule has 0 saturated heterocycles. The second-order valence-corrected chi connectivity index (χ2v) is 2.50. The van der Waals surface area contributed by atoms with Crippen molar-refractivity contribution in [3.63, 3.8) is 0 Å². The van der Waals surface area contributed by atoms with Gasteiger partial charge in [-0.2, -0.15) is 0 Å². The fraction of sp³-hybridized carbons (Fsp3) is 0. The minimum Gasteiger partial charge on any atom is -0.324 e. The lowest BCUT2D eigenvalue weighted by molar-refractivity contribution is 1.17. The number of nitrogens with zero attached hydrogens (tertiary/aromatic N) is 2. The third-order valence-electron chi connectivity index (χ3n) is 1.55. The Labute approximate surface area is 77.9 Å². The van der Waals surface area contributed by atoms with Gasteiger partial charge in [-0.1, -0.05) is 18.2 Å². The molecule has 0 aliphatic rings. The standard InChI is InChI=1S/C10H9N3/c1-2-5-9(6-3-1)13-10-11-7-4-8-12-10/h1-8H,(H,11,12,13)/i7D. The van der Waals surface area contributed by atoms with Crippen LogP contribution in [-0.4, -0.2) is 9.97 Å². The van der Waals surface area contributed by atoms with Crippen LogP contribution in [0, 0.1) is 0 Å². The molecule has 0 aliphatic carbocycles. The van der Waals surface area contributed by atoms with Gasteiger partial charge in [0.05, 0.1) is 1.37 Å². The highest BCUT2D eigenvalue weighted by Gasteiger charge is 1.92. The van der Waals surface area contributed by atoms with Crippen LogP contribution in [-0.2, 0) is 0 Å². The SMILES string of the molecule is [2H]c1ccnc(Nc2ccccc2)n1. The summed E-state index contributed by atoms with van der Waals surface area (Å²) in [5.74, 6) is 0.448. The average molecular weight is 172 g/mol. The van der Waals surface area contributed by atoms with E-state index in [4.69, 9.17) is 1.37 Å². The Kier molecular flexibility index (Phi) is 1.86. The van der Waals surface area contributed by atoms with Gasteiger partial charge in [0.2, 0.25) is 5.95 Å². The molecule has 0 unspecified atom stereocenters. The molecule has 2 aromatic rings. The zero-order valence-corrected chi connectivity index (χ0v) is 6.94. The number of rotatable bonds is 2. The fourth-order valence-electron chi connectivity index (χ4n) is 0.979. The van der Waals surface area contributed by atoms with E-state index in [1.54, 1.807) is 6.20 Å². The Morgan fingerprint density at radius 3 is 2.69 bits per heavy atom. The Morgan fingerprint density at radius 2 is 1.92 bits per heavy atom. The van der Waals surface area contributed by atoms with Crippen molar-refractivity contribution >= 4 is 11.6 Å². The maximum atomic E-state index is 7.31. The Bertz CT molecular complexity index is 417. The van der Waals surface area contributed by atoms with Gasteiger partial charge >= 0.3 is 0 Å². The van der Waals surface area contributed by atoms with Crippen LogP contribution in [0.4, 0.5) is 11.6 Å². The highest BCUT2D eigenvalue weighted by atomic mass is 15.1. The van der Waals surface area contributed by atoms with E-state index in [2.05, 4.69) is 15.3 Å². The van der Waals surface area contributed by atoms with Gasteiger partial charge in [0.1, 0.15) is 0 Å². The van der Waals surface area contributed by atoms with Gasteiger partial charge < -0.3 is 5.32 Å². The fourth-order valence-corrected chi connectivity index (χ4v) is 0.979. The largest absolute Gasteiger partial charge is 0.324 e. The zero-order valence-electron chi connectivity index (χ0n) is 7.94. The third kappa shape index (κ3) is 2.02. The monoisotopic (exact) mass is 172 g/mol. The molecule has 2 rings (SSSR count). The minimum absolute atomic E-state index is 0.207. The minimum atomic E-state index is 0.207. The number of aromatic nitrogens is 2. The molecule has 0 spiro atoms. The second-order valence-electron chi connectivity index (χ2n) is 2.50. The van der Waals surface area contributed by atoms with Crippen LogP contribution in [0.25, 0.3) is 0 Å². The average Bonchev–Trinajstić information content (AvgIpc) is 2.19. The molecule has 13 heavy (non-hydrogen) atoms. The molecule has 1 N–H and O–H groups in total. The van der Waals surface area contributed by atoms with Crippen molar-refractivity contribution in [1.29, 1.82) is 0 Å². The van der Waals surface area contributed by atoms with Gasteiger partial charge in [0.25, 0.3) is 0 Å². The van der Waals surface area contributed by atoms with Crippen LogP contribution in [0.2, 0.25) is 0 Å². The summed E-state index contributed by atoms with van der Waals surface area (Å²) in [5, 5.41) is 3.00. The molecular formula is C10H9N3. The van der Waals surface area contributed by atoms with E-state index in [1.807, 2.05) is 30.3 Å². The first-order valence-electron chi connectivity index (χ1n) is 4.46. The zero-order chi connectivity index (χ0) is 9.80. The number of benzene rings is 1. The summed E-state index contributed by atoms with van der Waals surface area (Å²) in [6.07, 6.45) is 1.76. The molecule has 0 radical (unpaired) electrons. The number of para-hydroxylation sites is 1. The predicted molar refractivity (Wildman–Crippen MR) is 51.8 cm³/mol. The van der Waals surface area contributed by atoms with Crippen molar-refractivity contribution in [3.8, 4) is 0 Å². The van der Waals surface area contributed by atoms with Crippen LogP contribution in [0.3, 0.4) is 0 Å². The summed E-state index contributed by atoms with van der Waals surface area (Å²) >= 11 is 0. The highest BCUT2D eigenvalue weighted by molar-refractivity contribution is 5.52. The van der Waals surface area contributed by atoms with Gasteiger partial charge in [-0.25, -0.2) is 9.97 Å². The lowest BCUT2D eigenvalue weighted by atomic mass is 10.3. The topological polar surface area (TPSA) is 37.8 Å². The molecule has 1 heterocycles. The predicted octanol–water partition coefficient (Wildman–Crippen LogP) is 2.22. The van der Waals surface area contributed by atoms with Crippen LogP contribution in [0.1, 0.15) is 1.37 Å². The molecule has 0 atom stereocenters. The molecular weight excluding hydrogens is 162 g/mol. The molecule has 3 heteroatoms. The maximum Gasteiger partial charge on any atom is 0.227 e. The van der Waals surface area contributed by atoms with E-state index in [1.165, 1.54) is 6.07 Å². The third-order valence-corrected chi connectivity index (χ3v) is 1.55. The summed E-state index contributed by atoms with van der Waals surface area (Å²) in [6.45, 7) is 0. The number of anilines is 2. The quantitative estimate of drug-likeness (QED) is 0.754. The van der Waals surface area contributed by atoms with E-state index in [-0.39, 0.29) is 6.17 Å². The van der Waals surface area contributed by atoms with Crippen LogP contribution < -0.4 is 5.32 Å². The summed E-state index contributed by atoms with van der Waals surface area (Å²) in [6, 6.07) is 11.2. The lowest BCUT2D eigenvalue weighted by Gasteiger charge is -2.02. The molecule has 0 saturated carbocycles. The van der Waals surface area contributed by atoms with Crippen LogP contribution in [0.5, 0.6) is 0 Å². The summed E-state index contributed by atoms with van der Waals surface area (Å²) < 4.78 is 7.31. The summed E-state index contributed by atoms with van der Waals surface area (Å²) in [4.78, 5) is 7.91. The first-order valence-corrected chi connectivity index (χ1v) is 3.96. The van der Waals surface area contributed by atoms with Gasteiger partial charge in [-0.05, 0) is 18.2 Å². The van der Waals surface area contributed by atoms with Gasteiger partial charge in [-0.3, -0.25) is 0 Å². The number of hydrogen-bond donors (Lipinski definition) is 1. The van der Waals surface area contributed by atoms with Gasteiger partial charge in [0.15, 0.2) is 0 Å². The normalized spacial score (nSPS) is 10.6. The molecule has 64 valence electrons. The Morgan fingerprint density at radius 1 is 1.08 bits per heavy atom. The first kappa shape index (κ1) is 6.60. The second kappa shape index (κ2) is 3.67. The van der Waals surface area contributed by atoms with E-state index in [0.29, 0.717) is 5.95 Å². The molecule has 0 fully saturated rings. The van der Waals surface area contributed by atoms with E-state index in [9.17, 15) is 0 Å². The number of nitrogens with one attached hydrogen (secondary N) is 1. The molecule has 0 amide bonds. The number of hydrogen-bond acceptors (Lipinski definition) is 3. The summed E-state index contributed by atoms with van der Waals surface area (Å²) in [5.41, 5.74) is 0.915. The summed E-state index contributed by atoms with van der Waals surface area (Å²) in [7, 11) is 0. The van der Waals surface area contributed by atoms with Crippen molar-refractivity contribution in [2.45, 2.75) is 0 Å². The van der Waals surface area contributed by atoms with E-state index < -0.39 is 0 Å². The molecule has 0 bridgehead atoms.